The van der Waals surface area contributed by atoms with Crippen molar-refractivity contribution in [2.45, 2.75) is 0 Å². The van der Waals surface area contributed by atoms with Crippen molar-refractivity contribution < 1.29 is 17.6 Å². The molecule has 0 aromatic heterocycles. The molecule has 0 bridgehead atoms. The predicted molar refractivity (Wildman–Crippen MR) is 68.5 cm³/mol. The average Bonchev–Trinajstić information content (AvgIpc) is 2.94. The molecule has 21 heavy (non-hydrogen) atoms. The van der Waals surface area contributed by atoms with Gasteiger partial charge in [0.1, 0.15) is 22.2 Å². The lowest BCUT2D eigenvalue weighted by Crippen LogP contribution is -2.11. The zero-order chi connectivity index (χ0) is 15.7. The van der Waals surface area contributed by atoms with Crippen molar-refractivity contribution in [3.8, 4) is 12.1 Å². The topological polar surface area (TPSA) is 59.9 Å². The van der Waals surface area contributed by atoms with Gasteiger partial charge in [-0.1, -0.05) is 23.4 Å². The summed E-state index contributed by atoms with van der Waals surface area (Å²) >= 11 is 5.98. The van der Waals surface area contributed by atoms with Crippen LogP contribution in [-0.2, 0) is 0 Å². The second-order valence-electron chi connectivity index (χ2n) is 3.70. The molecule has 9 heteroatoms. The van der Waals surface area contributed by atoms with Crippen LogP contribution in [0.4, 0.5) is 17.6 Å². The third kappa shape index (κ3) is 2.48. The van der Waals surface area contributed by atoms with Crippen molar-refractivity contribution in [2.75, 3.05) is 5.75 Å². The van der Waals surface area contributed by atoms with Crippen LogP contribution in [0.25, 0.3) is 0 Å². The molecule has 0 amide bonds. The fraction of sp³-hybridized carbons (Fsp3) is 0.0833. The first-order valence-electron chi connectivity index (χ1n) is 5.19. The van der Waals surface area contributed by atoms with Gasteiger partial charge in [0.25, 0.3) is 0 Å². The van der Waals surface area contributed by atoms with Gasteiger partial charge in [-0.25, -0.2) is 22.6 Å². The van der Waals surface area contributed by atoms with Crippen LogP contribution in [0.5, 0.6) is 0 Å². The van der Waals surface area contributed by atoms with Crippen LogP contribution in [0.3, 0.4) is 0 Å². The summed E-state index contributed by atoms with van der Waals surface area (Å²) in [6.45, 7) is 0. The molecular weight excluding hydrogens is 330 g/mol. The maximum Gasteiger partial charge on any atom is 0.181 e. The zero-order valence-corrected chi connectivity index (χ0v) is 11.4. The Morgan fingerprint density at radius 1 is 1.05 bits per heavy atom. The van der Waals surface area contributed by atoms with E-state index in [2.05, 4.69) is 4.99 Å². The van der Waals surface area contributed by atoms with Crippen molar-refractivity contribution in [1.29, 1.82) is 10.5 Å². The molecule has 3 nitrogen and oxygen atoms in total. The number of halogens is 5. The molecule has 1 aliphatic rings. The number of thioether (sulfide) groups is 1. The minimum Gasteiger partial charge on any atom is -0.243 e. The number of hydrogen-bond donors (Lipinski definition) is 0. The molecule has 1 aliphatic heterocycles. The van der Waals surface area contributed by atoms with Crippen LogP contribution in [-0.4, -0.2) is 11.5 Å². The van der Waals surface area contributed by atoms with Crippen LogP contribution in [0.2, 0.25) is 5.02 Å². The van der Waals surface area contributed by atoms with Gasteiger partial charge in [0, 0.05) is 5.75 Å². The molecule has 0 aliphatic carbocycles. The maximum absolute atomic E-state index is 13.7. The third-order valence-electron chi connectivity index (χ3n) is 2.52. The highest BCUT2D eigenvalue weighted by Gasteiger charge is 2.30. The van der Waals surface area contributed by atoms with E-state index in [1.165, 1.54) is 0 Å². The van der Waals surface area contributed by atoms with Crippen molar-refractivity contribution in [1.82, 2.24) is 0 Å². The lowest BCUT2D eigenvalue weighted by molar-refractivity contribution is 0.452. The number of aliphatic imine (C=N–C) groups is 1. The van der Waals surface area contributed by atoms with E-state index < -0.39 is 33.9 Å². The molecule has 106 valence electrons. The van der Waals surface area contributed by atoms with E-state index in [1.807, 2.05) is 0 Å². The molecule has 1 aromatic carbocycles. The summed E-state index contributed by atoms with van der Waals surface area (Å²) in [4.78, 5) is 3.69. The highest BCUT2D eigenvalue weighted by atomic mass is 35.5. The zero-order valence-electron chi connectivity index (χ0n) is 9.85. The highest BCUT2D eigenvalue weighted by Crippen LogP contribution is 2.34. The van der Waals surface area contributed by atoms with Gasteiger partial charge in [0.05, 0.1) is 11.3 Å². The molecule has 0 saturated heterocycles. The monoisotopic (exact) mass is 331 g/mol. The summed E-state index contributed by atoms with van der Waals surface area (Å²) in [6, 6.07) is 3.12. The number of allylic oxidation sites excluding steroid dienone is 1. The molecule has 1 heterocycles. The fourth-order valence-electron chi connectivity index (χ4n) is 1.56. The number of rotatable bonds is 1. The van der Waals surface area contributed by atoms with Crippen LogP contribution < -0.4 is 0 Å². The summed E-state index contributed by atoms with van der Waals surface area (Å²) in [5.74, 6) is -6.94. The normalized spacial score (nSPS) is 13.7. The summed E-state index contributed by atoms with van der Waals surface area (Å²) in [6.07, 6.45) is 0. The van der Waals surface area contributed by atoms with E-state index in [0.717, 1.165) is 11.8 Å². The minimum absolute atomic E-state index is 0.0652. The van der Waals surface area contributed by atoms with Crippen LogP contribution >= 0.6 is 23.4 Å². The van der Waals surface area contributed by atoms with Gasteiger partial charge in [0.2, 0.25) is 0 Å². The van der Waals surface area contributed by atoms with Crippen molar-refractivity contribution >= 4 is 29.1 Å². The first kappa shape index (κ1) is 15.4. The van der Waals surface area contributed by atoms with E-state index in [-0.39, 0.29) is 22.1 Å². The molecule has 0 spiro atoms. The Labute approximate surface area is 125 Å². The largest absolute Gasteiger partial charge is 0.243 e. The second kappa shape index (κ2) is 5.76. The SMILES string of the molecule is N#CC(C#N)=C1N=C(c2c(F)c(F)c(Cl)c(F)c2F)CS1. The summed E-state index contributed by atoms with van der Waals surface area (Å²) in [7, 11) is 0. The van der Waals surface area contributed by atoms with E-state index >= 15 is 0 Å². The van der Waals surface area contributed by atoms with Crippen molar-refractivity contribution in [3.63, 3.8) is 0 Å². The van der Waals surface area contributed by atoms with Crippen LogP contribution in [0.1, 0.15) is 5.56 Å². The van der Waals surface area contributed by atoms with Gasteiger partial charge in [-0.3, -0.25) is 0 Å². The Morgan fingerprint density at radius 2 is 1.57 bits per heavy atom. The van der Waals surface area contributed by atoms with Gasteiger partial charge < -0.3 is 0 Å². The Bertz CT molecular complexity index is 744. The van der Waals surface area contributed by atoms with E-state index in [9.17, 15) is 17.6 Å². The summed E-state index contributed by atoms with van der Waals surface area (Å²) in [5, 5.41) is 16.0. The predicted octanol–water partition coefficient (Wildman–Crippen LogP) is 3.69. The lowest BCUT2D eigenvalue weighted by atomic mass is 10.1. The van der Waals surface area contributed by atoms with Gasteiger partial charge in [-0.2, -0.15) is 10.5 Å². The van der Waals surface area contributed by atoms with Crippen molar-refractivity contribution in [2.24, 2.45) is 4.99 Å². The molecule has 2 rings (SSSR count). The second-order valence-corrected chi connectivity index (χ2v) is 5.04. The highest BCUT2D eigenvalue weighted by molar-refractivity contribution is 8.04. The summed E-state index contributed by atoms with van der Waals surface area (Å²) < 4.78 is 54.3. The molecule has 0 atom stereocenters. The minimum atomic E-state index is -1.73. The van der Waals surface area contributed by atoms with Crippen LogP contribution in [0.15, 0.2) is 15.6 Å². The quantitative estimate of drug-likeness (QED) is 0.341. The number of hydrogen-bond acceptors (Lipinski definition) is 4. The molecule has 0 unspecified atom stereocenters. The third-order valence-corrected chi connectivity index (χ3v) is 3.84. The summed E-state index contributed by atoms with van der Waals surface area (Å²) in [5.41, 5.74) is -1.67. The Hall–Kier alpha value is -2.03. The first-order chi connectivity index (χ1) is 9.92. The molecule has 0 fully saturated rings. The molecule has 0 saturated carbocycles. The Balaban J connectivity index is 2.67. The van der Waals surface area contributed by atoms with E-state index in [1.54, 1.807) is 12.1 Å². The molecule has 1 aromatic rings. The fourth-order valence-corrected chi connectivity index (χ4v) is 2.62. The van der Waals surface area contributed by atoms with Gasteiger partial charge in [0.15, 0.2) is 28.8 Å². The standard InChI is InChI=1S/C12H2ClF4N3S/c13-7-10(16)8(14)6(9(15)11(7)17)5-3-21-12(20-5)4(1-18)2-19/h3H2. The number of nitrogens with zero attached hydrogens (tertiary/aromatic N) is 3. The first-order valence-corrected chi connectivity index (χ1v) is 6.55. The molecular formula is C12H2ClF4N3S. The van der Waals surface area contributed by atoms with E-state index in [4.69, 9.17) is 22.1 Å². The van der Waals surface area contributed by atoms with Crippen LogP contribution in [0, 0.1) is 45.9 Å². The Kier molecular flexibility index (Phi) is 4.21. The van der Waals surface area contributed by atoms with Gasteiger partial charge >= 0.3 is 0 Å². The smallest absolute Gasteiger partial charge is 0.181 e. The lowest BCUT2D eigenvalue weighted by Gasteiger charge is -2.07. The molecule has 0 radical (unpaired) electrons. The maximum atomic E-state index is 13.7. The van der Waals surface area contributed by atoms with Crippen molar-refractivity contribution in [3.05, 3.63) is 44.5 Å². The van der Waals surface area contributed by atoms with Gasteiger partial charge in [-0.15, -0.1) is 0 Å². The number of nitriles is 2. The van der Waals surface area contributed by atoms with Gasteiger partial charge in [-0.05, 0) is 0 Å². The van der Waals surface area contributed by atoms with E-state index in [0.29, 0.717) is 0 Å². The number of benzene rings is 1. The average molecular weight is 332 g/mol. The Morgan fingerprint density at radius 3 is 2.05 bits per heavy atom. The molecule has 0 N–H and O–H groups in total.